The molecule has 6 nitrogen and oxygen atoms in total. The zero-order chi connectivity index (χ0) is 13.0. The quantitative estimate of drug-likeness (QED) is 0.869. The van der Waals surface area contributed by atoms with Crippen LogP contribution in [0.25, 0.3) is 0 Å². The molecule has 0 aliphatic heterocycles. The summed E-state index contributed by atoms with van der Waals surface area (Å²) in [6.45, 7) is 0. The molecule has 3 N–H and O–H groups in total. The number of nitrogens with two attached hydrogens (primary N) is 1. The van der Waals surface area contributed by atoms with Crippen LogP contribution in [0, 0.1) is 0 Å². The molecule has 2 aromatic rings. The molecule has 0 saturated carbocycles. The lowest BCUT2D eigenvalue weighted by Crippen LogP contribution is -2.14. The maximum absolute atomic E-state index is 11.7. The molecule has 1 amide bonds. The van der Waals surface area contributed by atoms with E-state index < -0.39 is 0 Å². The van der Waals surface area contributed by atoms with E-state index in [0.717, 1.165) is 22.6 Å². The summed E-state index contributed by atoms with van der Waals surface area (Å²) in [5, 5.41) is 10.7. The summed E-state index contributed by atoms with van der Waals surface area (Å²) in [5.41, 5.74) is 6.29. The van der Waals surface area contributed by atoms with Gasteiger partial charge in [0, 0.05) is 0 Å². The van der Waals surface area contributed by atoms with Crippen molar-refractivity contribution in [2.45, 2.75) is 6.42 Å². The van der Waals surface area contributed by atoms with Gasteiger partial charge < -0.3 is 15.8 Å². The highest BCUT2D eigenvalue weighted by Gasteiger charge is 2.08. The van der Waals surface area contributed by atoms with E-state index in [2.05, 4.69) is 15.5 Å². The van der Waals surface area contributed by atoms with E-state index in [1.807, 2.05) is 24.3 Å². The van der Waals surface area contributed by atoms with E-state index in [4.69, 9.17) is 10.5 Å². The fourth-order valence-electron chi connectivity index (χ4n) is 1.42. The van der Waals surface area contributed by atoms with Gasteiger partial charge in [0.05, 0.1) is 13.5 Å². The molecule has 0 radical (unpaired) electrons. The Labute approximate surface area is 108 Å². The Bertz CT molecular complexity index is 555. The van der Waals surface area contributed by atoms with E-state index in [9.17, 15) is 4.79 Å². The van der Waals surface area contributed by atoms with Crippen LogP contribution in [-0.2, 0) is 11.2 Å². The number of rotatable bonds is 4. The molecule has 94 valence electrons. The Morgan fingerprint density at radius 1 is 1.50 bits per heavy atom. The lowest BCUT2D eigenvalue weighted by Gasteiger charge is -2.04. The standard InChI is InChI=1S/C11H12N4O2S/c1-17-8-4-2-3-7(5-8)6-9(16)13-11-15-14-10(12)18-11/h2-5H,6H2,1H3,(H2,12,14)(H,13,15,16). The van der Waals surface area contributed by atoms with Gasteiger partial charge in [-0.25, -0.2) is 0 Å². The van der Waals surface area contributed by atoms with E-state index in [-0.39, 0.29) is 12.3 Å². The van der Waals surface area contributed by atoms with Crippen molar-refractivity contribution in [3.63, 3.8) is 0 Å². The van der Waals surface area contributed by atoms with Crippen molar-refractivity contribution in [3.05, 3.63) is 29.8 Å². The van der Waals surface area contributed by atoms with E-state index >= 15 is 0 Å². The highest BCUT2D eigenvalue weighted by molar-refractivity contribution is 7.18. The minimum Gasteiger partial charge on any atom is -0.497 e. The molecule has 0 aliphatic rings. The fraction of sp³-hybridized carbons (Fsp3) is 0.182. The maximum Gasteiger partial charge on any atom is 0.230 e. The SMILES string of the molecule is COc1cccc(CC(=O)Nc2nnc(N)s2)c1. The highest BCUT2D eigenvalue weighted by atomic mass is 32.1. The van der Waals surface area contributed by atoms with Crippen LogP contribution in [0.3, 0.4) is 0 Å². The number of hydrogen-bond acceptors (Lipinski definition) is 6. The number of carbonyl (C=O) groups is 1. The summed E-state index contributed by atoms with van der Waals surface area (Å²) in [5.74, 6) is 0.555. The molecule has 1 heterocycles. The average molecular weight is 264 g/mol. The molecular formula is C11H12N4O2S. The lowest BCUT2D eigenvalue weighted by atomic mass is 10.1. The predicted octanol–water partition coefficient (Wildman–Crippen LogP) is 1.31. The molecule has 0 unspecified atom stereocenters. The molecule has 7 heteroatoms. The number of benzene rings is 1. The van der Waals surface area contributed by atoms with Gasteiger partial charge in [0.1, 0.15) is 5.75 Å². The van der Waals surface area contributed by atoms with E-state index in [0.29, 0.717) is 10.3 Å². The minimum atomic E-state index is -0.167. The number of methoxy groups -OCH3 is 1. The second-order valence-corrected chi connectivity index (χ2v) is 4.53. The second kappa shape index (κ2) is 5.46. The molecule has 0 saturated heterocycles. The monoisotopic (exact) mass is 264 g/mol. The second-order valence-electron chi connectivity index (χ2n) is 3.52. The molecule has 0 bridgehead atoms. The van der Waals surface area contributed by atoms with Gasteiger partial charge in [-0.1, -0.05) is 23.5 Å². The van der Waals surface area contributed by atoms with Crippen molar-refractivity contribution in [2.75, 3.05) is 18.2 Å². The molecule has 18 heavy (non-hydrogen) atoms. The van der Waals surface area contributed by atoms with Gasteiger partial charge in [-0.2, -0.15) is 0 Å². The number of aromatic nitrogens is 2. The number of anilines is 2. The number of nitrogens with zero attached hydrogens (tertiary/aromatic N) is 2. The van der Waals surface area contributed by atoms with Gasteiger partial charge in [0.2, 0.25) is 16.2 Å². The number of carbonyl (C=O) groups excluding carboxylic acids is 1. The summed E-state index contributed by atoms with van der Waals surface area (Å²) in [6, 6.07) is 7.34. The van der Waals surface area contributed by atoms with Crippen LogP contribution in [0.15, 0.2) is 24.3 Å². The Morgan fingerprint density at radius 3 is 3.00 bits per heavy atom. The molecule has 2 rings (SSSR count). The minimum absolute atomic E-state index is 0.167. The van der Waals surface area contributed by atoms with Crippen LogP contribution >= 0.6 is 11.3 Å². The van der Waals surface area contributed by atoms with E-state index in [1.54, 1.807) is 7.11 Å². The van der Waals surface area contributed by atoms with Crippen molar-refractivity contribution in [2.24, 2.45) is 0 Å². The molecule has 0 fully saturated rings. The highest BCUT2D eigenvalue weighted by Crippen LogP contribution is 2.17. The maximum atomic E-state index is 11.7. The van der Waals surface area contributed by atoms with Crippen LogP contribution in [0.5, 0.6) is 5.75 Å². The van der Waals surface area contributed by atoms with Crippen LogP contribution in [0.2, 0.25) is 0 Å². The Kier molecular flexibility index (Phi) is 3.73. The number of ether oxygens (including phenoxy) is 1. The van der Waals surface area contributed by atoms with Crippen molar-refractivity contribution in [1.82, 2.24) is 10.2 Å². The first-order valence-corrected chi connectivity index (χ1v) is 6.01. The lowest BCUT2D eigenvalue weighted by molar-refractivity contribution is -0.115. The first-order chi connectivity index (χ1) is 8.67. The first-order valence-electron chi connectivity index (χ1n) is 5.19. The third-order valence-electron chi connectivity index (χ3n) is 2.19. The van der Waals surface area contributed by atoms with Gasteiger partial charge in [-0.3, -0.25) is 4.79 Å². The Morgan fingerprint density at radius 2 is 2.33 bits per heavy atom. The zero-order valence-electron chi connectivity index (χ0n) is 9.71. The van der Waals surface area contributed by atoms with Crippen molar-refractivity contribution in [3.8, 4) is 5.75 Å². The van der Waals surface area contributed by atoms with Gasteiger partial charge in [-0.05, 0) is 17.7 Å². The number of nitrogen functional groups attached to an aromatic ring is 1. The Balaban J connectivity index is 1.98. The molecule has 0 aliphatic carbocycles. The summed E-state index contributed by atoms with van der Waals surface area (Å²) < 4.78 is 5.09. The number of hydrogen-bond donors (Lipinski definition) is 2. The molecule has 0 atom stereocenters. The van der Waals surface area contributed by atoms with Crippen LogP contribution in [0.1, 0.15) is 5.56 Å². The van der Waals surface area contributed by atoms with Crippen molar-refractivity contribution < 1.29 is 9.53 Å². The van der Waals surface area contributed by atoms with Crippen molar-refractivity contribution in [1.29, 1.82) is 0 Å². The van der Waals surface area contributed by atoms with Gasteiger partial charge in [0.15, 0.2) is 0 Å². The molecule has 1 aromatic heterocycles. The predicted molar refractivity (Wildman–Crippen MR) is 69.6 cm³/mol. The van der Waals surface area contributed by atoms with E-state index in [1.165, 1.54) is 0 Å². The topological polar surface area (TPSA) is 90.1 Å². The van der Waals surface area contributed by atoms with Crippen LogP contribution in [0.4, 0.5) is 10.3 Å². The first kappa shape index (κ1) is 12.3. The van der Waals surface area contributed by atoms with Crippen LogP contribution < -0.4 is 15.8 Å². The smallest absolute Gasteiger partial charge is 0.230 e. The van der Waals surface area contributed by atoms with Gasteiger partial charge in [-0.15, -0.1) is 10.2 Å². The zero-order valence-corrected chi connectivity index (χ0v) is 10.5. The normalized spacial score (nSPS) is 10.1. The molecule has 0 spiro atoms. The van der Waals surface area contributed by atoms with Gasteiger partial charge >= 0.3 is 0 Å². The van der Waals surface area contributed by atoms with Crippen molar-refractivity contribution >= 4 is 27.5 Å². The largest absolute Gasteiger partial charge is 0.497 e. The molecular weight excluding hydrogens is 252 g/mol. The summed E-state index contributed by atoms with van der Waals surface area (Å²) in [4.78, 5) is 11.7. The third kappa shape index (κ3) is 3.17. The fourth-order valence-corrected chi connectivity index (χ4v) is 1.94. The average Bonchev–Trinajstić information content (AvgIpc) is 2.74. The summed E-state index contributed by atoms with van der Waals surface area (Å²) >= 11 is 1.13. The number of amides is 1. The number of nitrogens with one attached hydrogen (secondary N) is 1. The molecule has 1 aromatic carbocycles. The summed E-state index contributed by atoms with van der Waals surface area (Å²) in [7, 11) is 1.59. The van der Waals surface area contributed by atoms with Gasteiger partial charge in [0.25, 0.3) is 0 Å². The Hall–Kier alpha value is -2.15. The van der Waals surface area contributed by atoms with Crippen LogP contribution in [-0.4, -0.2) is 23.2 Å². The third-order valence-corrected chi connectivity index (χ3v) is 2.85. The summed E-state index contributed by atoms with van der Waals surface area (Å²) in [6.07, 6.45) is 0.247.